The number of hydrogen-bond acceptors (Lipinski definition) is 5. The predicted octanol–water partition coefficient (Wildman–Crippen LogP) is 2.47. The third-order valence-electron chi connectivity index (χ3n) is 3.07. The lowest BCUT2D eigenvalue weighted by atomic mass is 10.1. The zero-order valence-electron chi connectivity index (χ0n) is 11.5. The topological polar surface area (TPSA) is 76.1 Å². The van der Waals surface area contributed by atoms with Gasteiger partial charge in [0.25, 0.3) is 5.91 Å². The first-order valence-electron chi connectivity index (χ1n) is 6.33. The van der Waals surface area contributed by atoms with Gasteiger partial charge in [-0.15, -0.1) is 0 Å². The van der Waals surface area contributed by atoms with Crippen LogP contribution in [-0.2, 0) is 4.79 Å². The van der Waals surface area contributed by atoms with Crippen LogP contribution in [0.5, 0.6) is 5.75 Å². The summed E-state index contributed by atoms with van der Waals surface area (Å²) in [7, 11) is 0. The summed E-state index contributed by atoms with van der Waals surface area (Å²) in [5.41, 5.74) is 0.189. The Morgan fingerprint density at radius 3 is 2.95 bits per heavy atom. The Bertz CT molecular complexity index is 718. The molecule has 0 bridgehead atoms. The Hall–Kier alpha value is -2.70. The van der Waals surface area contributed by atoms with E-state index in [0.717, 1.165) is 6.20 Å². The standard InChI is InChI=1S/C14H13FN4O2/c1-14(2)13(20)19-10-5-8(3-4-11(10)21-14)18-12-9(15)6-16-7-17-12/h3-7H,1-2H3,(H,19,20)(H,16,17,18). The van der Waals surface area contributed by atoms with Crippen molar-refractivity contribution in [2.75, 3.05) is 10.6 Å². The van der Waals surface area contributed by atoms with Crippen molar-refractivity contribution in [3.63, 3.8) is 0 Å². The molecule has 1 amide bonds. The van der Waals surface area contributed by atoms with E-state index in [0.29, 0.717) is 17.1 Å². The smallest absolute Gasteiger partial charge is 0.268 e. The summed E-state index contributed by atoms with van der Waals surface area (Å²) in [5.74, 6) is -0.168. The Kier molecular flexibility index (Phi) is 2.97. The van der Waals surface area contributed by atoms with Gasteiger partial charge in [0.2, 0.25) is 0 Å². The summed E-state index contributed by atoms with van der Waals surface area (Å²) >= 11 is 0. The molecule has 2 aromatic rings. The predicted molar refractivity (Wildman–Crippen MR) is 75.1 cm³/mol. The number of amides is 1. The molecule has 1 aromatic carbocycles. The first-order chi connectivity index (χ1) is 9.95. The van der Waals surface area contributed by atoms with Gasteiger partial charge in [-0.1, -0.05) is 0 Å². The average molecular weight is 288 g/mol. The molecule has 0 aliphatic carbocycles. The van der Waals surface area contributed by atoms with E-state index in [4.69, 9.17) is 4.74 Å². The van der Waals surface area contributed by atoms with Crippen LogP contribution in [0.15, 0.2) is 30.7 Å². The zero-order chi connectivity index (χ0) is 15.0. The molecule has 0 spiro atoms. The number of nitrogens with zero attached hydrogens (tertiary/aromatic N) is 2. The number of carbonyl (C=O) groups is 1. The van der Waals surface area contributed by atoms with E-state index in [1.54, 1.807) is 32.0 Å². The Balaban J connectivity index is 1.89. The molecule has 1 aliphatic rings. The van der Waals surface area contributed by atoms with Crippen LogP contribution in [0.4, 0.5) is 21.6 Å². The van der Waals surface area contributed by atoms with E-state index in [-0.39, 0.29) is 11.7 Å². The lowest BCUT2D eigenvalue weighted by Crippen LogP contribution is -2.45. The van der Waals surface area contributed by atoms with Crippen molar-refractivity contribution in [1.82, 2.24) is 9.97 Å². The van der Waals surface area contributed by atoms with Crippen LogP contribution >= 0.6 is 0 Å². The first kappa shape index (κ1) is 13.3. The largest absolute Gasteiger partial charge is 0.476 e. The molecule has 1 aliphatic heterocycles. The summed E-state index contributed by atoms with van der Waals surface area (Å²) < 4.78 is 19.1. The fourth-order valence-corrected chi connectivity index (χ4v) is 1.93. The summed E-state index contributed by atoms with van der Waals surface area (Å²) in [5, 5.41) is 5.59. The summed E-state index contributed by atoms with van der Waals surface area (Å²) in [6.07, 6.45) is 2.32. The number of nitrogens with one attached hydrogen (secondary N) is 2. The minimum absolute atomic E-state index is 0.0633. The van der Waals surface area contributed by atoms with E-state index in [2.05, 4.69) is 20.6 Å². The quantitative estimate of drug-likeness (QED) is 0.887. The van der Waals surface area contributed by atoms with Crippen molar-refractivity contribution < 1.29 is 13.9 Å². The highest BCUT2D eigenvalue weighted by atomic mass is 19.1. The number of anilines is 3. The number of ether oxygens (including phenoxy) is 1. The van der Waals surface area contributed by atoms with Crippen molar-refractivity contribution in [2.45, 2.75) is 19.4 Å². The molecule has 3 rings (SSSR count). The van der Waals surface area contributed by atoms with Crippen molar-refractivity contribution in [2.24, 2.45) is 0 Å². The highest BCUT2D eigenvalue weighted by molar-refractivity contribution is 6.00. The van der Waals surface area contributed by atoms with Gasteiger partial charge in [0.05, 0.1) is 11.9 Å². The summed E-state index contributed by atoms with van der Waals surface area (Å²) in [4.78, 5) is 19.3. The third kappa shape index (κ3) is 2.49. The minimum atomic E-state index is -0.916. The van der Waals surface area contributed by atoms with Crippen LogP contribution in [0.1, 0.15) is 13.8 Å². The second kappa shape index (κ2) is 4.69. The maximum Gasteiger partial charge on any atom is 0.268 e. The van der Waals surface area contributed by atoms with Crippen molar-refractivity contribution >= 4 is 23.1 Å². The van der Waals surface area contributed by atoms with E-state index < -0.39 is 11.4 Å². The molecule has 0 unspecified atom stereocenters. The molecule has 108 valence electrons. The number of hydrogen-bond donors (Lipinski definition) is 2. The van der Waals surface area contributed by atoms with Gasteiger partial charge in [0, 0.05) is 5.69 Å². The highest BCUT2D eigenvalue weighted by Crippen LogP contribution is 2.36. The number of benzene rings is 1. The van der Waals surface area contributed by atoms with E-state index in [9.17, 15) is 9.18 Å². The number of aromatic nitrogens is 2. The van der Waals surface area contributed by atoms with Crippen LogP contribution in [-0.4, -0.2) is 21.5 Å². The summed E-state index contributed by atoms with van der Waals surface area (Å²) in [6.45, 7) is 3.38. The molecule has 7 heteroatoms. The fraction of sp³-hybridized carbons (Fsp3) is 0.214. The van der Waals surface area contributed by atoms with E-state index in [1.807, 2.05) is 0 Å². The van der Waals surface area contributed by atoms with Gasteiger partial charge in [0.15, 0.2) is 17.2 Å². The second-order valence-electron chi connectivity index (χ2n) is 5.12. The third-order valence-corrected chi connectivity index (χ3v) is 3.07. The van der Waals surface area contributed by atoms with Crippen molar-refractivity contribution in [1.29, 1.82) is 0 Å². The van der Waals surface area contributed by atoms with Crippen LogP contribution < -0.4 is 15.4 Å². The molecule has 0 saturated heterocycles. The maximum absolute atomic E-state index is 13.5. The van der Waals surface area contributed by atoms with Gasteiger partial charge in [-0.05, 0) is 32.0 Å². The van der Waals surface area contributed by atoms with Crippen LogP contribution in [0.25, 0.3) is 0 Å². The lowest BCUT2D eigenvalue weighted by Gasteiger charge is -2.31. The van der Waals surface area contributed by atoms with Gasteiger partial charge in [-0.3, -0.25) is 4.79 Å². The van der Waals surface area contributed by atoms with Crippen LogP contribution in [0.3, 0.4) is 0 Å². The Morgan fingerprint density at radius 2 is 2.19 bits per heavy atom. The van der Waals surface area contributed by atoms with Gasteiger partial charge in [0.1, 0.15) is 12.1 Å². The fourth-order valence-electron chi connectivity index (χ4n) is 1.93. The molecule has 0 fully saturated rings. The summed E-state index contributed by atoms with van der Waals surface area (Å²) in [6, 6.07) is 5.08. The molecule has 21 heavy (non-hydrogen) atoms. The molecular formula is C14H13FN4O2. The zero-order valence-corrected chi connectivity index (χ0v) is 11.5. The van der Waals surface area contributed by atoms with Crippen molar-refractivity contribution in [3.8, 4) is 5.75 Å². The van der Waals surface area contributed by atoms with Gasteiger partial charge >= 0.3 is 0 Å². The van der Waals surface area contributed by atoms with E-state index >= 15 is 0 Å². The molecule has 2 N–H and O–H groups in total. The average Bonchev–Trinajstić information content (AvgIpc) is 2.43. The Morgan fingerprint density at radius 1 is 1.38 bits per heavy atom. The normalized spacial score (nSPS) is 15.7. The van der Waals surface area contributed by atoms with E-state index in [1.165, 1.54) is 6.33 Å². The number of fused-ring (bicyclic) bond motifs is 1. The lowest BCUT2D eigenvalue weighted by molar-refractivity contribution is -0.129. The SMILES string of the molecule is CC1(C)Oc2ccc(Nc3ncncc3F)cc2NC1=O. The second-order valence-corrected chi connectivity index (χ2v) is 5.12. The molecule has 2 heterocycles. The van der Waals surface area contributed by atoms with Gasteiger partial charge < -0.3 is 15.4 Å². The number of carbonyl (C=O) groups excluding carboxylic acids is 1. The van der Waals surface area contributed by atoms with Gasteiger partial charge in [-0.2, -0.15) is 0 Å². The molecule has 0 atom stereocenters. The molecule has 6 nitrogen and oxygen atoms in total. The molecule has 0 saturated carbocycles. The maximum atomic E-state index is 13.5. The van der Waals surface area contributed by atoms with Crippen LogP contribution in [0, 0.1) is 5.82 Å². The number of halogens is 1. The van der Waals surface area contributed by atoms with Gasteiger partial charge in [-0.25, -0.2) is 14.4 Å². The molecular weight excluding hydrogens is 275 g/mol. The highest BCUT2D eigenvalue weighted by Gasteiger charge is 2.35. The Labute approximate surface area is 120 Å². The van der Waals surface area contributed by atoms with Crippen molar-refractivity contribution in [3.05, 3.63) is 36.5 Å². The molecule has 0 radical (unpaired) electrons. The molecule has 1 aromatic heterocycles. The number of rotatable bonds is 2. The monoisotopic (exact) mass is 288 g/mol. The minimum Gasteiger partial charge on any atom is -0.476 e. The van der Waals surface area contributed by atoms with Crippen LogP contribution in [0.2, 0.25) is 0 Å². The first-order valence-corrected chi connectivity index (χ1v) is 6.33.